The van der Waals surface area contributed by atoms with Gasteiger partial charge in [0.1, 0.15) is 5.82 Å². The Bertz CT molecular complexity index is 797. The van der Waals surface area contributed by atoms with E-state index in [2.05, 4.69) is 10.3 Å². The second-order valence-corrected chi connectivity index (χ2v) is 6.16. The Hall–Kier alpha value is -2.13. The number of pyridine rings is 1. The summed E-state index contributed by atoms with van der Waals surface area (Å²) >= 11 is 6.17. The number of carbonyl (C=O) groups is 1. The number of hydrogen-bond donors (Lipinski definition) is 1. The van der Waals surface area contributed by atoms with Crippen LogP contribution in [0, 0.1) is 0 Å². The minimum absolute atomic E-state index is 0.0774. The lowest BCUT2D eigenvalue weighted by atomic mass is 9.76. The molecule has 0 spiro atoms. The van der Waals surface area contributed by atoms with E-state index >= 15 is 0 Å². The molecule has 1 unspecified atom stereocenters. The molecule has 0 saturated heterocycles. The van der Waals surface area contributed by atoms with E-state index < -0.39 is 0 Å². The first-order chi connectivity index (χ1) is 10.7. The lowest BCUT2D eigenvalue weighted by Crippen LogP contribution is -2.27. The van der Waals surface area contributed by atoms with Crippen LogP contribution in [-0.4, -0.2) is 10.8 Å². The van der Waals surface area contributed by atoms with E-state index in [9.17, 15) is 4.79 Å². The molecule has 1 aliphatic heterocycles. The first-order valence-corrected chi connectivity index (χ1v) is 7.85. The van der Waals surface area contributed by atoms with Crippen LogP contribution >= 0.6 is 11.6 Å². The number of hydrogen-bond acceptors (Lipinski definition) is 3. The number of Topliss-reactive ketones (excluding diaryl/α,β-unsaturated/α-hetero) is 1. The van der Waals surface area contributed by atoms with Crippen LogP contribution in [0.1, 0.15) is 36.3 Å². The van der Waals surface area contributed by atoms with Crippen molar-refractivity contribution in [1.82, 2.24) is 4.98 Å². The smallest absolute Gasteiger partial charge is 0.161 e. The zero-order valence-electron chi connectivity index (χ0n) is 12.0. The number of nitrogens with one attached hydrogen (secondary N) is 1. The summed E-state index contributed by atoms with van der Waals surface area (Å²) in [5.41, 5.74) is 3.99. The fourth-order valence-electron chi connectivity index (χ4n) is 3.41. The Labute approximate surface area is 134 Å². The molecule has 0 radical (unpaired) electrons. The number of rotatable bonds is 1. The molecule has 2 aliphatic rings. The van der Waals surface area contributed by atoms with Crippen LogP contribution in [0.15, 0.2) is 53.9 Å². The van der Waals surface area contributed by atoms with Gasteiger partial charge in [0.2, 0.25) is 0 Å². The highest BCUT2D eigenvalue weighted by Crippen LogP contribution is 2.44. The van der Waals surface area contributed by atoms with Gasteiger partial charge in [-0.3, -0.25) is 4.79 Å². The van der Waals surface area contributed by atoms with Gasteiger partial charge in [-0.05, 0) is 36.6 Å². The number of ketones is 1. The summed E-state index contributed by atoms with van der Waals surface area (Å²) < 4.78 is 0. The average molecular weight is 311 g/mol. The van der Waals surface area contributed by atoms with Gasteiger partial charge in [0.15, 0.2) is 5.78 Å². The predicted molar refractivity (Wildman–Crippen MR) is 87.0 cm³/mol. The van der Waals surface area contributed by atoms with E-state index in [-0.39, 0.29) is 11.7 Å². The standard InChI is InChI=1S/C18H15ClN2O/c19-12-5-1-4-11(10-12)16-13-6-3-9-20-18(13)21-14-7-2-8-15(22)17(14)16/h1,3-6,9-10,16H,2,7-8H2,(H,20,21). The van der Waals surface area contributed by atoms with Gasteiger partial charge >= 0.3 is 0 Å². The second-order valence-electron chi connectivity index (χ2n) is 5.72. The summed E-state index contributed by atoms with van der Waals surface area (Å²) in [6.45, 7) is 0. The van der Waals surface area contributed by atoms with E-state index in [1.54, 1.807) is 6.20 Å². The van der Waals surface area contributed by atoms with Gasteiger partial charge in [-0.2, -0.15) is 0 Å². The molecule has 0 bridgehead atoms. The number of benzene rings is 1. The molecule has 0 fully saturated rings. The fraction of sp³-hybridized carbons (Fsp3) is 0.222. The normalized spacial score (nSPS) is 20.2. The van der Waals surface area contributed by atoms with Crippen molar-refractivity contribution in [2.24, 2.45) is 0 Å². The van der Waals surface area contributed by atoms with Crippen LogP contribution in [-0.2, 0) is 4.79 Å². The number of nitrogens with zero attached hydrogens (tertiary/aromatic N) is 1. The summed E-state index contributed by atoms with van der Waals surface area (Å²) in [6.07, 6.45) is 4.19. The Kier molecular flexibility index (Phi) is 3.23. The third kappa shape index (κ3) is 2.13. The van der Waals surface area contributed by atoms with Crippen molar-refractivity contribution in [1.29, 1.82) is 0 Å². The van der Waals surface area contributed by atoms with Gasteiger partial charge in [-0.25, -0.2) is 4.98 Å². The molecule has 3 nitrogen and oxygen atoms in total. The molecule has 0 amide bonds. The maximum atomic E-state index is 12.6. The van der Waals surface area contributed by atoms with Gasteiger partial charge in [-0.15, -0.1) is 0 Å². The molecular weight excluding hydrogens is 296 g/mol. The van der Waals surface area contributed by atoms with Crippen LogP contribution in [0.5, 0.6) is 0 Å². The van der Waals surface area contributed by atoms with E-state index in [0.29, 0.717) is 11.4 Å². The molecular formula is C18H15ClN2O. The molecule has 1 atom stereocenters. The van der Waals surface area contributed by atoms with Gasteiger partial charge in [0, 0.05) is 40.4 Å². The monoisotopic (exact) mass is 310 g/mol. The quantitative estimate of drug-likeness (QED) is 0.854. The number of aromatic nitrogens is 1. The van der Waals surface area contributed by atoms with Gasteiger partial charge in [0.25, 0.3) is 0 Å². The number of allylic oxidation sites excluding steroid dienone is 2. The van der Waals surface area contributed by atoms with Crippen molar-refractivity contribution in [2.45, 2.75) is 25.2 Å². The van der Waals surface area contributed by atoms with E-state index in [1.807, 2.05) is 36.4 Å². The lowest BCUT2D eigenvalue weighted by molar-refractivity contribution is -0.116. The van der Waals surface area contributed by atoms with Crippen molar-refractivity contribution < 1.29 is 4.79 Å². The lowest BCUT2D eigenvalue weighted by Gasteiger charge is -2.33. The van der Waals surface area contributed by atoms with Gasteiger partial charge < -0.3 is 5.32 Å². The first kappa shape index (κ1) is 13.5. The summed E-state index contributed by atoms with van der Waals surface area (Å²) in [5.74, 6) is 1.00. The van der Waals surface area contributed by atoms with E-state index in [0.717, 1.165) is 41.1 Å². The van der Waals surface area contributed by atoms with Crippen molar-refractivity contribution in [3.05, 3.63) is 70.0 Å². The number of carbonyl (C=O) groups excluding carboxylic acids is 1. The molecule has 2 aromatic rings. The molecule has 4 heteroatoms. The Morgan fingerprint density at radius 3 is 2.95 bits per heavy atom. The minimum atomic E-state index is -0.0774. The molecule has 110 valence electrons. The number of halogens is 1. The Morgan fingerprint density at radius 1 is 1.18 bits per heavy atom. The molecule has 2 heterocycles. The molecule has 1 aromatic heterocycles. The highest BCUT2D eigenvalue weighted by Gasteiger charge is 2.35. The highest BCUT2D eigenvalue weighted by atomic mass is 35.5. The SMILES string of the molecule is O=C1CCCC2=C1C(c1cccc(Cl)c1)c1cccnc1N2. The average Bonchev–Trinajstić information content (AvgIpc) is 2.53. The summed E-state index contributed by atoms with van der Waals surface area (Å²) in [4.78, 5) is 17.0. The second kappa shape index (κ2) is 5.25. The third-order valence-corrected chi connectivity index (χ3v) is 4.58. The number of anilines is 1. The molecule has 22 heavy (non-hydrogen) atoms. The van der Waals surface area contributed by atoms with Crippen molar-refractivity contribution in [3.63, 3.8) is 0 Å². The Morgan fingerprint density at radius 2 is 2.09 bits per heavy atom. The van der Waals surface area contributed by atoms with Crippen LogP contribution in [0.2, 0.25) is 5.02 Å². The van der Waals surface area contributed by atoms with E-state index in [4.69, 9.17) is 11.6 Å². The third-order valence-electron chi connectivity index (χ3n) is 4.35. The van der Waals surface area contributed by atoms with Crippen molar-refractivity contribution >= 4 is 23.2 Å². The summed E-state index contributed by atoms with van der Waals surface area (Å²) in [5, 5.41) is 4.05. The van der Waals surface area contributed by atoms with Gasteiger partial charge in [0.05, 0.1) is 0 Å². The largest absolute Gasteiger partial charge is 0.343 e. The zero-order valence-corrected chi connectivity index (χ0v) is 12.7. The minimum Gasteiger partial charge on any atom is -0.343 e. The topological polar surface area (TPSA) is 42.0 Å². The summed E-state index contributed by atoms with van der Waals surface area (Å²) in [6, 6.07) is 11.7. The van der Waals surface area contributed by atoms with Crippen LogP contribution in [0.4, 0.5) is 5.82 Å². The van der Waals surface area contributed by atoms with Crippen molar-refractivity contribution in [3.8, 4) is 0 Å². The molecule has 1 N–H and O–H groups in total. The van der Waals surface area contributed by atoms with Crippen LogP contribution < -0.4 is 5.32 Å². The molecule has 4 rings (SSSR count). The molecule has 0 saturated carbocycles. The van der Waals surface area contributed by atoms with E-state index in [1.165, 1.54) is 0 Å². The first-order valence-electron chi connectivity index (χ1n) is 7.47. The predicted octanol–water partition coefficient (Wildman–Crippen LogP) is 4.30. The van der Waals surface area contributed by atoms with Crippen LogP contribution in [0.25, 0.3) is 0 Å². The number of fused-ring (bicyclic) bond motifs is 1. The zero-order chi connectivity index (χ0) is 15.1. The maximum Gasteiger partial charge on any atom is 0.161 e. The van der Waals surface area contributed by atoms with Crippen molar-refractivity contribution in [2.75, 3.05) is 5.32 Å². The maximum absolute atomic E-state index is 12.6. The Balaban J connectivity index is 1.95. The highest BCUT2D eigenvalue weighted by molar-refractivity contribution is 6.30. The summed E-state index contributed by atoms with van der Waals surface area (Å²) in [7, 11) is 0. The van der Waals surface area contributed by atoms with Crippen LogP contribution in [0.3, 0.4) is 0 Å². The molecule has 1 aromatic carbocycles. The fourth-order valence-corrected chi connectivity index (χ4v) is 3.61. The van der Waals surface area contributed by atoms with Gasteiger partial charge in [-0.1, -0.05) is 29.8 Å². The molecule has 1 aliphatic carbocycles.